The van der Waals surface area contributed by atoms with Gasteiger partial charge in [0.2, 0.25) is 11.8 Å². The van der Waals surface area contributed by atoms with Gasteiger partial charge in [0.25, 0.3) is 0 Å². The number of amides is 2. The van der Waals surface area contributed by atoms with Gasteiger partial charge < -0.3 is 15.1 Å². The predicted molar refractivity (Wildman–Crippen MR) is 96.8 cm³/mol. The number of allylic oxidation sites excluding steroid dienone is 3. The van der Waals surface area contributed by atoms with Crippen molar-refractivity contribution in [3.63, 3.8) is 0 Å². The van der Waals surface area contributed by atoms with Gasteiger partial charge in [0.05, 0.1) is 0 Å². The normalized spacial score (nSPS) is 15.1. The van der Waals surface area contributed by atoms with Crippen LogP contribution in [0.15, 0.2) is 48.6 Å². The van der Waals surface area contributed by atoms with Crippen molar-refractivity contribution in [2.24, 2.45) is 0 Å². The number of piperazine rings is 1. The van der Waals surface area contributed by atoms with Gasteiger partial charge in [-0.15, -0.1) is 0 Å². The Bertz CT molecular complexity index is 633. The Labute approximate surface area is 147 Å². The molecule has 134 valence electrons. The van der Waals surface area contributed by atoms with Crippen molar-refractivity contribution in [1.29, 1.82) is 0 Å². The second-order valence-electron chi connectivity index (χ2n) is 5.77. The van der Waals surface area contributed by atoms with E-state index in [0.29, 0.717) is 26.1 Å². The smallest absolute Gasteiger partial charge is 0.243 e. The Morgan fingerprint density at radius 1 is 1.12 bits per heavy atom. The molecule has 1 aliphatic rings. The molecule has 1 heterocycles. The molecule has 1 aliphatic heterocycles. The van der Waals surface area contributed by atoms with Crippen LogP contribution in [0.2, 0.25) is 0 Å². The number of anilines is 1. The van der Waals surface area contributed by atoms with Crippen molar-refractivity contribution in [3.05, 3.63) is 54.4 Å². The van der Waals surface area contributed by atoms with Crippen LogP contribution in [0.1, 0.15) is 13.3 Å². The summed E-state index contributed by atoms with van der Waals surface area (Å²) in [4.78, 5) is 27.7. The molecule has 25 heavy (non-hydrogen) atoms. The highest BCUT2D eigenvalue weighted by atomic mass is 19.1. The summed E-state index contributed by atoms with van der Waals surface area (Å²) in [5, 5.41) is 2.70. The first-order valence-electron chi connectivity index (χ1n) is 8.45. The summed E-state index contributed by atoms with van der Waals surface area (Å²) in [6.07, 6.45) is 6.99. The van der Waals surface area contributed by atoms with Crippen LogP contribution >= 0.6 is 0 Å². The van der Waals surface area contributed by atoms with Gasteiger partial charge >= 0.3 is 0 Å². The summed E-state index contributed by atoms with van der Waals surface area (Å²) < 4.78 is 13.0. The summed E-state index contributed by atoms with van der Waals surface area (Å²) >= 11 is 0. The summed E-state index contributed by atoms with van der Waals surface area (Å²) in [5.74, 6) is -0.413. The fourth-order valence-corrected chi connectivity index (χ4v) is 2.63. The van der Waals surface area contributed by atoms with Crippen molar-refractivity contribution in [1.82, 2.24) is 10.2 Å². The third kappa shape index (κ3) is 6.06. The molecule has 0 aromatic heterocycles. The number of halogens is 1. The average molecular weight is 345 g/mol. The molecule has 2 rings (SSSR count). The van der Waals surface area contributed by atoms with Crippen LogP contribution in [0.4, 0.5) is 10.1 Å². The Morgan fingerprint density at radius 2 is 1.80 bits per heavy atom. The minimum Gasteiger partial charge on any atom is -0.368 e. The SMILES string of the molecule is C/C=C/C=C\C(=O)NCCC(=O)N1CCN(c2ccc(F)cc2)CC1. The lowest BCUT2D eigenvalue weighted by atomic mass is 10.2. The molecule has 0 spiro atoms. The van der Waals surface area contributed by atoms with Crippen LogP contribution in [0.25, 0.3) is 0 Å². The minimum absolute atomic E-state index is 0.0384. The molecule has 1 aromatic carbocycles. The number of carbonyl (C=O) groups is 2. The summed E-state index contributed by atoms with van der Waals surface area (Å²) in [5.41, 5.74) is 0.966. The molecule has 6 heteroatoms. The molecule has 0 unspecified atom stereocenters. The topological polar surface area (TPSA) is 52.7 Å². The average Bonchev–Trinajstić information content (AvgIpc) is 2.63. The third-order valence-electron chi connectivity index (χ3n) is 4.01. The molecule has 0 radical (unpaired) electrons. The highest BCUT2D eigenvalue weighted by molar-refractivity contribution is 5.88. The van der Waals surface area contributed by atoms with Gasteiger partial charge in [0, 0.05) is 50.9 Å². The van der Waals surface area contributed by atoms with Crippen LogP contribution in [-0.4, -0.2) is 49.4 Å². The number of hydrogen-bond donors (Lipinski definition) is 1. The maximum Gasteiger partial charge on any atom is 0.243 e. The molecule has 5 nitrogen and oxygen atoms in total. The quantitative estimate of drug-likeness (QED) is 0.635. The molecule has 0 aliphatic carbocycles. The van der Waals surface area contributed by atoms with Gasteiger partial charge in [-0.2, -0.15) is 0 Å². The third-order valence-corrected chi connectivity index (χ3v) is 4.01. The second-order valence-corrected chi connectivity index (χ2v) is 5.77. The Balaban J connectivity index is 1.70. The van der Waals surface area contributed by atoms with Crippen molar-refractivity contribution >= 4 is 17.5 Å². The molecule has 0 atom stereocenters. The molecular formula is C19H24FN3O2. The van der Waals surface area contributed by atoms with Crippen LogP contribution in [0, 0.1) is 5.82 Å². The summed E-state index contributed by atoms with van der Waals surface area (Å²) in [7, 11) is 0. The summed E-state index contributed by atoms with van der Waals surface area (Å²) in [6.45, 7) is 4.90. The molecule has 2 amide bonds. The fourth-order valence-electron chi connectivity index (χ4n) is 2.63. The van der Waals surface area contributed by atoms with Gasteiger partial charge in [-0.1, -0.05) is 18.2 Å². The van der Waals surface area contributed by atoms with Crippen molar-refractivity contribution in [3.8, 4) is 0 Å². The van der Waals surface area contributed by atoms with E-state index in [0.717, 1.165) is 18.8 Å². The largest absolute Gasteiger partial charge is 0.368 e. The first-order chi connectivity index (χ1) is 12.1. The molecule has 1 fully saturated rings. The van der Waals surface area contributed by atoms with Crippen LogP contribution < -0.4 is 10.2 Å². The van der Waals surface area contributed by atoms with E-state index < -0.39 is 0 Å². The van der Waals surface area contributed by atoms with E-state index >= 15 is 0 Å². The number of hydrogen-bond acceptors (Lipinski definition) is 3. The van der Waals surface area contributed by atoms with Gasteiger partial charge in [-0.3, -0.25) is 9.59 Å². The van der Waals surface area contributed by atoms with E-state index in [2.05, 4.69) is 10.2 Å². The van der Waals surface area contributed by atoms with Crippen LogP contribution in [0.3, 0.4) is 0 Å². The molecule has 0 bridgehead atoms. The van der Waals surface area contributed by atoms with Gasteiger partial charge in [0.1, 0.15) is 5.82 Å². The zero-order valence-electron chi connectivity index (χ0n) is 14.5. The molecule has 1 saturated heterocycles. The Hall–Kier alpha value is -2.63. The van der Waals surface area contributed by atoms with Gasteiger partial charge in [-0.05, 0) is 31.2 Å². The first kappa shape index (κ1) is 18.7. The lowest BCUT2D eigenvalue weighted by Crippen LogP contribution is -2.49. The first-order valence-corrected chi connectivity index (χ1v) is 8.45. The number of carbonyl (C=O) groups excluding carboxylic acids is 2. The number of nitrogens with one attached hydrogen (secondary N) is 1. The van der Waals surface area contributed by atoms with Crippen molar-refractivity contribution < 1.29 is 14.0 Å². The van der Waals surface area contributed by atoms with E-state index in [4.69, 9.17) is 0 Å². The van der Waals surface area contributed by atoms with E-state index in [-0.39, 0.29) is 17.6 Å². The predicted octanol–water partition coefficient (Wildman–Crippen LogP) is 2.11. The van der Waals surface area contributed by atoms with Crippen LogP contribution in [0.5, 0.6) is 0 Å². The van der Waals surface area contributed by atoms with E-state index in [1.807, 2.05) is 17.9 Å². The molecular weight excluding hydrogens is 321 g/mol. The van der Waals surface area contributed by atoms with E-state index in [9.17, 15) is 14.0 Å². The zero-order valence-corrected chi connectivity index (χ0v) is 14.5. The van der Waals surface area contributed by atoms with Crippen LogP contribution in [-0.2, 0) is 9.59 Å². The highest BCUT2D eigenvalue weighted by Crippen LogP contribution is 2.17. The molecule has 0 saturated carbocycles. The zero-order chi connectivity index (χ0) is 18.1. The Kier molecular flexibility index (Phi) is 7.19. The van der Waals surface area contributed by atoms with E-state index in [1.54, 1.807) is 24.3 Å². The number of benzene rings is 1. The van der Waals surface area contributed by atoms with E-state index in [1.165, 1.54) is 18.2 Å². The van der Waals surface area contributed by atoms with Gasteiger partial charge in [-0.25, -0.2) is 4.39 Å². The Morgan fingerprint density at radius 3 is 2.44 bits per heavy atom. The minimum atomic E-state index is -0.250. The number of rotatable bonds is 6. The molecule has 1 aromatic rings. The molecule has 1 N–H and O–H groups in total. The standard InChI is InChI=1S/C19H24FN3O2/c1-2-3-4-5-18(24)21-11-10-19(25)23-14-12-22(13-15-23)17-8-6-16(20)7-9-17/h2-9H,10-15H2,1H3,(H,21,24)/b3-2+,5-4-. The summed E-state index contributed by atoms with van der Waals surface area (Å²) in [6, 6.07) is 6.40. The van der Waals surface area contributed by atoms with Crippen molar-refractivity contribution in [2.45, 2.75) is 13.3 Å². The fraction of sp³-hybridized carbons (Fsp3) is 0.368. The lowest BCUT2D eigenvalue weighted by Gasteiger charge is -2.36. The number of nitrogens with zero attached hydrogens (tertiary/aromatic N) is 2. The maximum atomic E-state index is 13.0. The monoisotopic (exact) mass is 345 g/mol. The van der Waals surface area contributed by atoms with Gasteiger partial charge in [0.15, 0.2) is 0 Å². The maximum absolute atomic E-state index is 13.0. The second kappa shape index (κ2) is 9.61. The van der Waals surface area contributed by atoms with Crippen molar-refractivity contribution in [2.75, 3.05) is 37.6 Å². The highest BCUT2D eigenvalue weighted by Gasteiger charge is 2.21. The lowest BCUT2D eigenvalue weighted by molar-refractivity contribution is -0.131.